The second-order valence-corrected chi connectivity index (χ2v) is 5.49. The van der Waals surface area contributed by atoms with Gasteiger partial charge in [-0.05, 0) is 38.0 Å². The Morgan fingerprint density at radius 2 is 1.90 bits per heavy atom. The van der Waals surface area contributed by atoms with E-state index in [4.69, 9.17) is 4.74 Å². The Kier molecular flexibility index (Phi) is 4.63. The van der Waals surface area contributed by atoms with Gasteiger partial charge < -0.3 is 14.8 Å². The van der Waals surface area contributed by atoms with E-state index in [1.165, 1.54) is 7.11 Å². The van der Waals surface area contributed by atoms with Gasteiger partial charge in [-0.3, -0.25) is 4.79 Å². The Morgan fingerprint density at radius 3 is 2.48 bits per heavy atom. The molecule has 0 radical (unpaired) electrons. The molecule has 2 rings (SSSR count). The first-order valence-electron chi connectivity index (χ1n) is 7.08. The smallest absolute Gasteiger partial charge is 0.337 e. The number of anilines is 1. The number of hydrogen-bond donors (Lipinski definition) is 1. The van der Waals surface area contributed by atoms with Crippen molar-refractivity contribution in [3.8, 4) is 0 Å². The second-order valence-electron chi connectivity index (χ2n) is 5.49. The Morgan fingerprint density at radius 1 is 1.19 bits per heavy atom. The number of benzene rings is 1. The van der Waals surface area contributed by atoms with Gasteiger partial charge in [-0.1, -0.05) is 13.0 Å². The quantitative estimate of drug-likeness (QED) is 0.869. The number of hydrogen-bond acceptors (Lipinski definition) is 4. The number of nitrogens with one attached hydrogen (secondary N) is 1. The van der Waals surface area contributed by atoms with Crippen molar-refractivity contribution in [3.63, 3.8) is 0 Å². The van der Waals surface area contributed by atoms with Crippen molar-refractivity contribution in [2.24, 2.45) is 11.8 Å². The summed E-state index contributed by atoms with van der Waals surface area (Å²) in [5, 5.41) is 2.86. The van der Waals surface area contributed by atoms with Crippen molar-refractivity contribution in [1.29, 1.82) is 0 Å². The Balaban J connectivity index is 2.11. The van der Waals surface area contributed by atoms with Crippen LogP contribution in [0.15, 0.2) is 24.3 Å². The molecule has 0 spiro atoms. The van der Waals surface area contributed by atoms with Crippen LogP contribution in [-0.4, -0.2) is 31.2 Å². The van der Waals surface area contributed by atoms with Crippen molar-refractivity contribution >= 4 is 17.6 Å². The Hall–Kier alpha value is -1.88. The van der Waals surface area contributed by atoms with Gasteiger partial charge in [0.05, 0.1) is 30.8 Å². The van der Waals surface area contributed by atoms with Crippen LogP contribution in [0.4, 0.5) is 5.69 Å². The lowest BCUT2D eigenvalue weighted by Gasteiger charge is -2.18. The van der Waals surface area contributed by atoms with Crippen LogP contribution in [0, 0.1) is 11.8 Å². The predicted octanol–water partition coefficient (Wildman–Crippen LogP) is 2.47. The highest BCUT2D eigenvalue weighted by molar-refractivity contribution is 5.96. The lowest BCUT2D eigenvalue weighted by Crippen LogP contribution is -2.32. The summed E-state index contributed by atoms with van der Waals surface area (Å²) in [6, 6.07) is 6.72. The minimum absolute atomic E-state index is 0.0668. The molecule has 0 aliphatic carbocycles. The molecule has 1 aliphatic rings. The van der Waals surface area contributed by atoms with E-state index in [0.717, 1.165) is 0 Å². The van der Waals surface area contributed by atoms with E-state index in [1.807, 2.05) is 20.8 Å². The van der Waals surface area contributed by atoms with Crippen LogP contribution in [0.1, 0.15) is 31.1 Å². The van der Waals surface area contributed by atoms with Gasteiger partial charge >= 0.3 is 5.97 Å². The SMILES string of the molecule is COC(=O)c1cccc(NC(=O)C2C(C)OC(C)C2C)c1. The van der Waals surface area contributed by atoms with Crippen LogP contribution in [0.5, 0.6) is 0 Å². The van der Waals surface area contributed by atoms with Crippen molar-refractivity contribution < 1.29 is 19.1 Å². The van der Waals surface area contributed by atoms with Crippen molar-refractivity contribution in [2.75, 3.05) is 12.4 Å². The van der Waals surface area contributed by atoms with Gasteiger partial charge in [-0.25, -0.2) is 4.79 Å². The molecule has 5 nitrogen and oxygen atoms in total. The lowest BCUT2D eigenvalue weighted by molar-refractivity contribution is -0.121. The summed E-state index contributed by atoms with van der Waals surface area (Å²) in [6.45, 7) is 5.91. The first kappa shape index (κ1) is 15.5. The summed E-state index contributed by atoms with van der Waals surface area (Å²) in [6.07, 6.45) is -0.0454. The van der Waals surface area contributed by atoms with Crippen LogP contribution >= 0.6 is 0 Å². The Labute approximate surface area is 124 Å². The molecule has 0 saturated carbocycles. The van der Waals surface area contributed by atoms with Gasteiger partial charge in [0.2, 0.25) is 5.91 Å². The van der Waals surface area contributed by atoms with Gasteiger partial charge in [-0.2, -0.15) is 0 Å². The zero-order valence-electron chi connectivity index (χ0n) is 12.8. The van der Waals surface area contributed by atoms with Crippen molar-refractivity contribution in [3.05, 3.63) is 29.8 Å². The molecule has 1 aromatic rings. The number of carbonyl (C=O) groups is 2. The third kappa shape index (κ3) is 3.24. The van der Waals surface area contributed by atoms with Gasteiger partial charge in [0.15, 0.2) is 0 Å². The number of rotatable bonds is 3. The van der Waals surface area contributed by atoms with Gasteiger partial charge in [-0.15, -0.1) is 0 Å². The molecule has 1 aromatic carbocycles. The van der Waals surface area contributed by atoms with E-state index in [0.29, 0.717) is 11.3 Å². The molecule has 21 heavy (non-hydrogen) atoms. The number of amides is 1. The molecule has 1 fully saturated rings. The fourth-order valence-electron chi connectivity index (χ4n) is 2.79. The largest absolute Gasteiger partial charge is 0.465 e. The summed E-state index contributed by atoms with van der Waals surface area (Å²) in [7, 11) is 1.33. The van der Waals surface area contributed by atoms with Crippen LogP contribution in [0.2, 0.25) is 0 Å². The van der Waals surface area contributed by atoms with E-state index in [-0.39, 0.29) is 30.0 Å². The highest BCUT2D eigenvalue weighted by Crippen LogP contribution is 2.33. The van der Waals surface area contributed by atoms with Gasteiger partial charge in [0, 0.05) is 5.69 Å². The number of esters is 1. The van der Waals surface area contributed by atoms with Crippen LogP contribution in [-0.2, 0) is 14.3 Å². The normalized spacial score (nSPS) is 28.2. The van der Waals surface area contributed by atoms with E-state index < -0.39 is 5.97 Å². The van der Waals surface area contributed by atoms with Gasteiger partial charge in [0.1, 0.15) is 0 Å². The fourth-order valence-corrected chi connectivity index (χ4v) is 2.79. The summed E-state index contributed by atoms with van der Waals surface area (Å²) in [5.74, 6) is -0.544. The standard InChI is InChI=1S/C16H21NO4/c1-9-10(2)21-11(3)14(9)15(18)17-13-7-5-6-12(8-13)16(19)20-4/h5-11,14H,1-4H3,(H,17,18). The summed E-state index contributed by atoms with van der Waals surface area (Å²) in [4.78, 5) is 23.9. The first-order chi connectivity index (χ1) is 9.93. The molecule has 5 heteroatoms. The highest BCUT2D eigenvalue weighted by atomic mass is 16.5. The van der Waals surface area contributed by atoms with Gasteiger partial charge in [0.25, 0.3) is 0 Å². The molecule has 1 aliphatic heterocycles. The topological polar surface area (TPSA) is 64.6 Å². The van der Waals surface area contributed by atoms with Crippen molar-refractivity contribution in [2.45, 2.75) is 33.0 Å². The van der Waals surface area contributed by atoms with E-state index in [2.05, 4.69) is 10.1 Å². The first-order valence-corrected chi connectivity index (χ1v) is 7.08. The summed E-state index contributed by atoms with van der Waals surface area (Å²) in [5.41, 5.74) is 0.995. The molecular formula is C16H21NO4. The monoisotopic (exact) mass is 291 g/mol. The van der Waals surface area contributed by atoms with Crippen LogP contribution in [0.3, 0.4) is 0 Å². The molecule has 0 bridgehead atoms. The molecular weight excluding hydrogens is 270 g/mol. The van der Waals surface area contributed by atoms with E-state index in [9.17, 15) is 9.59 Å². The lowest BCUT2D eigenvalue weighted by atomic mass is 9.89. The molecule has 4 atom stereocenters. The second kappa shape index (κ2) is 6.26. The van der Waals surface area contributed by atoms with E-state index in [1.54, 1.807) is 24.3 Å². The van der Waals surface area contributed by atoms with Crippen LogP contribution in [0.25, 0.3) is 0 Å². The molecule has 114 valence electrons. The predicted molar refractivity (Wildman–Crippen MR) is 79.1 cm³/mol. The minimum Gasteiger partial charge on any atom is -0.465 e. The molecule has 1 saturated heterocycles. The summed E-state index contributed by atoms with van der Waals surface area (Å²) >= 11 is 0. The van der Waals surface area contributed by atoms with Crippen LogP contribution < -0.4 is 5.32 Å². The maximum Gasteiger partial charge on any atom is 0.337 e. The van der Waals surface area contributed by atoms with E-state index >= 15 is 0 Å². The third-order valence-corrected chi connectivity index (χ3v) is 4.10. The zero-order chi connectivity index (χ0) is 15.6. The minimum atomic E-state index is -0.425. The molecule has 4 unspecified atom stereocenters. The summed E-state index contributed by atoms with van der Waals surface area (Å²) < 4.78 is 10.4. The number of methoxy groups -OCH3 is 1. The molecule has 1 amide bonds. The van der Waals surface area contributed by atoms with Crippen molar-refractivity contribution in [1.82, 2.24) is 0 Å². The highest BCUT2D eigenvalue weighted by Gasteiger charge is 2.41. The molecule has 1 heterocycles. The fraction of sp³-hybridized carbons (Fsp3) is 0.500. The number of carbonyl (C=O) groups excluding carboxylic acids is 2. The molecule has 0 aromatic heterocycles. The zero-order valence-corrected chi connectivity index (χ0v) is 12.8. The maximum absolute atomic E-state index is 12.4. The average Bonchev–Trinajstić information content (AvgIpc) is 2.71. The average molecular weight is 291 g/mol. The third-order valence-electron chi connectivity index (χ3n) is 4.10. The molecule has 1 N–H and O–H groups in total. The maximum atomic E-state index is 12.4. The number of ether oxygens (including phenoxy) is 2. The Bertz CT molecular complexity index is 543.